The molecule has 1 aromatic carbocycles. The van der Waals surface area contributed by atoms with Crippen molar-refractivity contribution in [3.8, 4) is 0 Å². The van der Waals surface area contributed by atoms with Gasteiger partial charge in [-0.15, -0.1) is 0 Å². The molecule has 3 N–H and O–H groups in total. The Kier molecular flexibility index (Phi) is 5.44. The van der Waals surface area contributed by atoms with Crippen molar-refractivity contribution in [1.82, 2.24) is 4.90 Å². The van der Waals surface area contributed by atoms with E-state index in [1.165, 1.54) is 17.0 Å². The standard InChI is InChI=1S/C12H14Cl2N2O3/c1-2-16(4-3-10(17)18)12(19)7-5-8(13)11(15)9(14)6-7/h5-6H,2-4,15H2,1H3,(H,17,18). The maximum absolute atomic E-state index is 12.2. The maximum atomic E-state index is 12.2. The first-order chi connectivity index (χ1) is 8.86. The van der Waals surface area contributed by atoms with E-state index in [2.05, 4.69) is 0 Å². The topological polar surface area (TPSA) is 83.6 Å². The minimum atomic E-state index is -0.959. The second-order valence-corrected chi connectivity index (χ2v) is 4.70. The average Bonchev–Trinajstić information content (AvgIpc) is 2.35. The van der Waals surface area contributed by atoms with Crippen LogP contribution in [0.2, 0.25) is 10.0 Å². The second-order valence-electron chi connectivity index (χ2n) is 3.88. The molecule has 0 aliphatic heterocycles. The van der Waals surface area contributed by atoms with Gasteiger partial charge in [-0.3, -0.25) is 9.59 Å². The van der Waals surface area contributed by atoms with Crippen molar-refractivity contribution in [3.05, 3.63) is 27.7 Å². The maximum Gasteiger partial charge on any atom is 0.305 e. The summed E-state index contributed by atoms with van der Waals surface area (Å²) in [7, 11) is 0. The van der Waals surface area contributed by atoms with Gasteiger partial charge in [-0.25, -0.2) is 0 Å². The number of hydrogen-bond donors (Lipinski definition) is 2. The molecule has 0 heterocycles. The number of aliphatic carboxylic acids is 1. The molecule has 5 nitrogen and oxygen atoms in total. The highest BCUT2D eigenvalue weighted by Gasteiger charge is 2.17. The van der Waals surface area contributed by atoms with E-state index in [0.29, 0.717) is 6.54 Å². The van der Waals surface area contributed by atoms with Gasteiger partial charge in [0.15, 0.2) is 0 Å². The molecule has 0 aliphatic rings. The Bertz CT molecular complexity index is 483. The van der Waals surface area contributed by atoms with Crippen molar-refractivity contribution in [2.75, 3.05) is 18.8 Å². The zero-order chi connectivity index (χ0) is 14.6. The molecule has 0 bridgehead atoms. The second kappa shape index (κ2) is 6.63. The van der Waals surface area contributed by atoms with E-state index < -0.39 is 5.97 Å². The lowest BCUT2D eigenvalue weighted by Crippen LogP contribution is -2.32. The largest absolute Gasteiger partial charge is 0.481 e. The Hall–Kier alpha value is -1.46. The number of carboxylic acid groups (broad SMARTS) is 1. The molecule has 0 aromatic heterocycles. The third kappa shape index (κ3) is 4.01. The molecule has 1 rings (SSSR count). The number of carboxylic acids is 1. The molecule has 7 heteroatoms. The number of hydrogen-bond acceptors (Lipinski definition) is 3. The molecule has 0 unspecified atom stereocenters. The van der Waals surface area contributed by atoms with E-state index in [-0.39, 0.29) is 40.2 Å². The Balaban J connectivity index is 2.94. The number of amides is 1. The van der Waals surface area contributed by atoms with Crippen LogP contribution in [0.3, 0.4) is 0 Å². The van der Waals surface area contributed by atoms with E-state index in [9.17, 15) is 9.59 Å². The molecule has 0 atom stereocenters. The first kappa shape index (κ1) is 15.6. The van der Waals surface area contributed by atoms with Crippen molar-refractivity contribution < 1.29 is 14.7 Å². The number of benzene rings is 1. The Morgan fingerprint density at radius 2 is 1.84 bits per heavy atom. The SMILES string of the molecule is CCN(CCC(=O)O)C(=O)c1cc(Cl)c(N)c(Cl)c1. The third-order valence-corrected chi connectivity index (χ3v) is 3.22. The highest BCUT2D eigenvalue weighted by molar-refractivity contribution is 6.39. The molecular weight excluding hydrogens is 291 g/mol. The van der Waals surface area contributed by atoms with Crippen LogP contribution in [0.1, 0.15) is 23.7 Å². The van der Waals surface area contributed by atoms with Crippen molar-refractivity contribution in [2.45, 2.75) is 13.3 Å². The molecule has 0 spiro atoms. The lowest BCUT2D eigenvalue weighted by molar-refractivity contribution is -0.137. The number of anilines is 1. The highest BCUT2D eigenvalue weighted by Crippen LogP contribution is 2.29. The molecule has 0 fully saturated rings. The van der Waals surface area contributed by atoms with Gasteiger partial charge in [0.05, 0.1) is 22.2 Å². The average molecular weight is 305 g/mol. The normalized spacial score (nSPS) is 10.3. The summed E-state index contributed by atoms with van der Waals surface area (Å²) in [6.07, 6.45) is -0.115. The van der Waals surface area contributed by atoms with Crippen LogP contribution in [0.4, 0.5) is 5.69 Å². The number of nitrogen functional groups attached to an aromatic ring is 1. The number of carbonyl (C=O) groups excluding carboxylic acids is 1. The van der Waals surface area contributed by atoms with E-state index in [0.717, 1.165) is 0 Å². The van der Waals surface area contributed by atoms with Gasteiger partial charge in [0, 0.05) is 18.7 Å². The van der Waals surface area contributed by atoms with Gasteiger partial charge in [-0.05, 0) is 19.1 Å². The molecule has 1 amide bonds. The third-order valence-electron chi connectivity index (χ3n) is 2.59. The molecule has 104 valence electrons. The first-order valence-corrected chi connectivity index (χ1v) is 6.38. The fourth-order valence-electron chi connectivity index (χ4n) is 1.52. The van der Waals surface area contributed by atoms with Crippen LogP contribution >= 0.6 is 23.2 Å². The molecule has 0 saturated carbocycles. The van der Waals surface area contributed by atoms with Crippen LogP contribution in [-0.4, -0.2) is 35.0 Å². The molecule has 0 saturated heterocycles. The van der Waals surface area contributed by atoms with Crippen LogP contribution in [-0.2, 0) is 4.79 Å². The molecule has 19 heavy (non-hydrogen) atoms. The number of halogens is 2. The van der Waals surface area contributed by atoms with E-state index in [4.69, 9.17) is 34.0 Å². The van der Waals surface area contributed by atoms with Gasteiger partial charge in [0.25, 0.3) is 5.91 Å². The predicted molar refractivity (Wildman–Crippen MR) is 74.7 cm³/mol. The summed E-state index contributed by atoms with van der Waals surface area (Å²) in [5.74, 6) is -1.29. The van der Waals surface area contributed by atoms with Crippen LogP contribution in [0, 0.1) is 0 Å². The number of nitrogens with two attached hydrogens (primary N) is 1. The predicted octanol–water partition coefficient (Wildman–Crippen LogP) is 2.51. The van der Waals surface area contributed by atoms with Crippen molar-refractivity contribution in [1.29, 1.82) is 0 Å². The van der Waals surface area contributed by atoms with Crippen LogP contribution in [0.15, 0.2) is 12.1 Å². The van der Waals surface area contributed by atoms with Crippen LogP contribution in [0.25, 0.3) is 0 Å². The van der Waals surface area contributed by atoms with Gasteiger partial charge in [-0.1, -0.05) is 23.2 Å². The van der Waals surface area contributed by atoms with Gasteiger partial charge in [0.2, 0.25) is 0 Å². The first-order valence-electron chi connectivity index (χ1n) is 5.62. The van der Waals surface area contributed by atoms with Gasteiger partial charge in [-0.2, -0.15) is 0 Å². The summed E-state index contributed by atoms with van der Waals surface area (Å²) < 4.78 is 0. The minimum Gasteiger partial charge on any atom is -0.481 e. The molecular formula is C12H14Cl2N2O3. The summed E-state index contributed by atoms with van der Waals surface area (Å²) >= 11 is 11.7. The number of carbonyl (C=O) groups is 2. The van der Waals surface area contributed by atoms with Gasteiger partial charge < -0.3 is 15.7 Å². The van der Waals surface area contributed by atoms with Crippen LogP contribution in [0.5, 0.6) is 0 Å². The fourth-order valence-corrected chi connectivity index (χ4v) is 2.01. The quantitative estimate of drug-likeness (QED) is 0.819. The summed E-state index contributed by atoms with van der Waals surface area (Å²) in [6.45, 7) is 2.29. The minimum absolute atomic E-state index is 0.115. The molecule has 1 aromatic rings. The fraction of sp³-hybridized carbons (Fsp3) is 0.333. The lowest BCUT2D eigenvalue weighted by Gasteiger charge is -2.20. The van der Waals surface area contributed by atoms with Crippen molar-refractivity contribution in [3.63, 3.8) is 0 Å². The molecule has 0 radical (unpaired) electrons. The zero-order valence-corrected chi connectivity index (χ0v) is 11.8. The van der Waals surface area contributed by atoms with E-state index in [1.807, 2.05) is 0 Å². The lowest BCUT2D eigenvalue weighted by atomic mass is 10.1. The monoisotopic (exact) mass is 304 g/mol. The Morgan fingerprint density at radius 3 is 2.26 bits per heavy atom. The summed E-state index contributed by atoms with van der Waals surface area (Å²) in [5, 5.41) is 9.04. The van der Waals surface area contributed by atoms with E-state index in [1.54, 1.807) is 6.92 Å². The zero-order valence-electron chi connectivity index (χ0n) is 10.3. The van der Waals surface area contributed by atoms with Crippen LogP contribution < -0.4 is 5.73 Å². The highest BCUT2D eigenvalue weighted by atomic mass is 35.5. The van der Waals surface area contributed by atoms with E-state index >= 15 is 0 Å². The number of rotatable bonds is 5. The Labute approximate surface area is 120 Å². The number of nitrogens with zero attached hydrogens (tertiary/aromatic N) is 1. The summed E-state index contributed by atoms with van der Waals surface area (Å²) in [5.41, 5.74) is 6.10. The smallest absolute Gasteiger partial charge is 0.305 e. The Morgan fingerprint density at radius 1 is 1.32 bits per heavy atom. The molecule has 0 aliphatic carbocycles. The van der Waals surface area contributed by atoms with Crippen molar-refractivity contribution in [2.24, 2.45) is 0 Å². The summed E-state index contributed by atoms with van der Waals surface area (Å²) in [6, 6.07) is 2.85. The van der Waals surface area contributed by atoms with Gasteiger partial charge in [0.1, 0.15) is 0 Å². The van der Waals surface area contributed by atoms with Gasteiger partial charge >= 0.3 is 5.97 Å². The van der Waals surface area contributed by atoms with Crippen molar-refractivity contribution >= 4 is 40.8 Å². The summed E-state index contributed by atoms with van der Waals surface area (Å²) in [4.78, 5) is 24.1.